The van der Waals surface area contributed by atoms with Crippen LogP contribution in [0.15, 0.2) is 54.6 Å². The summed E-state index contributed by atoms with van der Waals surface area (Å²) in [6, 6.07) is 19.1. The molecule has 0 N–H and O–H groups in total. The third-order valence-electron chi connectivity index (χ3n) is 3.55. The molecule has 2 aromatic carbocycles. The molecule has 0 heterocycles. The van der Waals surface area contributed by atoms with Crippen LogP contribution in [0.2, 0.25) is 0 Å². The lowest BCUT2D eigenvalue weighted by molar-refractivity contribution is 0.305. The summed E-state index contributed by atoms with van der Waals surface area (Å²) >= 11 is 0. The van der Waals surface area contributed by atoms with E-state index >= 15 is 0 Å². The minimum atomic E-state index is 0.820. The maximum atomic E-state index is 5.76. The fourth-order valence-corrected chi connectivity index (χ4v) is 2.26. The summed E-state index contributed by atoms with van der Waals surface area (Å²) in [6.07, 6.45) is 5.85. The van der Waals surface area contributed by atoms with Gasteiger partial charge in [0.15, 0.2) is 0 Å². The van der Waals surface area contributed by atoms with Gasteiger partial charge in [-0.05, 0) is 55.4 Å². The first-order valence-electron chi connectivity index (χ1n) is 7.64. The van der Waals surface area contributed by atoms with E-state index in [-0.39, 0.29) is 0 Å². The number of ether oxygens (including phenoxy) is 1. The summed E-state index contributed by atoms with van der Waals surface area (Å²) in [4.78, 5) is 0. The molecule has 0 atom stereocenters. The molecule has 0 saturated heterocycles. The zero-order valence-electron chi connectivity index (χ0n) is 12.3. The van der Waals surface area contributed by atoms with Gasteiger partial charge in [0, 0.05) is 0 Å². The molecule has 0 aliphatic rings. The first-order valence-corrected chi connectivity index (χ1v) is 7.64. The predicted molar refractivity (Wildman–Crippen MR) is 85.3 cm³/mol. The highest BCUT2D eigenvalue weighted by atomic mass is 16.5. The van der Waals surface area contributed by atoms with Crippen molar-refractivity contribution >= 4 is 0 Å². The van der Waals surface area contributed by atoms with Gasteiger partial charge in [0.1, 0.15) is 5.75 Å². The normalized spacial score (nSPS) is 10.4. The van der Waals surface area contributed by atoms with E-state index in [2.05, 4.69) is 61.5 Å². The van der Waals surface area contributed by atoms with Crippen molar-refractivity contribution < 1.29 is 4.74 Å². The van der Waals surface area contributed by atoms with Crippen LogP contribution < -0.4 is 4.74 Å². The number of hydrogen-bond donors (Lipinski definition) is 0. The number of unbranched alkanes of at least 4 members (excludes halogenated alkanes) is 2. The molecule has 20 heavy (non-hydrogen) atoms. The predicted octanol–water partition coefficient (Wildman–Crippen LogP) is 5.04. The number of benzene rings is 2. The molecule has 0 unspecified atom stereocenters. The first-order chi connectivity index (χ1) is 9.88. The zero-order valence-corrected chi connectivity index (χ0v) is 12.3. The average molecular weight is 268 g/mol. The molecule has 0 radical (unpaired) electrons. The Balaban J connectivity index is 1.57. The number of aryl methyl sites for hydroxylation is 2. The maximum absolute atomic E-state index is 5.76. The molecule has 0 saturated carbocycles. The van der Waals surface area contributed by atoms with Gasteiger partial charge in [0.25, 0.3) is 0 Å². The minimum Gasteiger partial charge on any atom is -0.494 e. The van der Waals surface area contributed by atoms with E-state index in [0.29, 0.717) is 0 Å². The Labute approximate surface area is 122 Å². The second-order valence-corrected chi connectivity index (χ2v) is 5.14. The topological polar surface area (TPSA) is 9.23 Å². The van der Waals surface area contributed by atoms with Crippen molar-refractivity contribution in [3.8, 4) is 5.75 Å². The molecular formula is C19H24O. The highest BCUT2D eigenvalue weighted by Gasteiger charge is 1.96. The number of rotatable bonds is 8. The van der Waals surface area contributed by atoms with Gasteiger partial charge in [-0.1, -0.05) is 49.4 Å². The summed E-state index contributed by atoms with van der Waals surface area (Å²) < 4.78 is 5.76. The molecule has 0 spiro atoms. The largest absolute Gasteiger partial charge is 0.494 e. The maximum Gasteiger partial charge on any atom is 0.119 e. The third kappa shape index (κ3) is 5.08. The molecule has 1 heteroatoms. The van der Waals surface area contributed by atoms with Crippen LogP contribution in [-0.2, 0) is 12.8 Å². The lowest BCUT2D eigenvalue weighted by Gasteiger charge is -2.07. The van der Waals surface area contributed by atoms with Crippen LogP contribution in [0, 0.1) is 0 Å². The molecular weight excluding hydrogens is 244 g/mol. The first kappa shape index (κ1) is 14.6. The van der Waals surface area contributed by atoms with Crippen LogP contribution in [0.4, 0.5) is 0 Å². The van der Waals surface area contributed by atoms with Gasteiger partial charge in [0.05, 0.1) is 6.61 Å². The highest BCUT2D eigenvalue weighted by molar-refractivity contribution is 5.27. The standard InChI is InChI=1S/C19H24O/c1-2-17-12-14-19(15-13-17)20-16-8-4-7-11-18-9-5-3-6-10-18/h3,5-6,9-10,12-15H,2,4,7-8,11,16H2,1H3. The van der Waals surface area contributed by atoms with Gasteiger partial charge >= 0.3 is 0 Å². The molecule has 2 rings (SSSR count). The SMILES string of the molecule is CCc1ccc(OCCCCCc2ccccc2)cc1. The molecule has 1 nitrogen and oxygen atoms in total. The van der Waals surface area contributed by atoms with E-state index in [9.17, 15) is 0 Å². The molecule has 0 amide bonds. The second kappa shape index (κ2) is 8.42. The van der Waals surface area contributed by atoms with E-state index in [1.807, 2.05) is 0 Å². The van der Waals surface area contributed by atoms with Crippen molar-refractivity contribution in [1.82, 2.24) is 0 Å². The van der Waals surface area contributed by atoms with E-state index in [0.717, 1.165) is 25.2 Å². The van der Waals surface area contributed by atoms with E-state index < -0.39 is 0 Å². The fraction of sp³-hybridized carbons (Fsp3) is 0.368. The van der Waals surface area contributed by atoms with Crippen LogP contribution in [0.1, 0.15) is 37.3 Å². The van der Waals surface area contributed by atoms with Crippen LogP contribution in [0.25, 0.3) is 0 Å². The third-order valence-corrected chi connectivity index (χ3v) is 3.55. The van der Waals surface area contributed by atoms with Crippen molar-refractivity contribution in [2.24, 2.45) is 0 Å². The van der Waals surface area contributed by atoms with Gasteiger partial charge in [0.2, 0.25) is 0 Å². The fourth-order valence-electron chi connectivity index (χ4n) is 2.26. The van der Waals surface area contributed by atoms with Crippen molar-refractivity contribution in [2.75, 3.05) is 6.61 Å². The Morgan fingerprint density at radius 3 is 2.20 bits per heavy atom. The Kier molecular flexibility index (Phi) is 6.16. The summed E-state index contributed by atoms with van der Waals surface area (Å²) in [5.74, 6) is 0.991. The lowest BCUT2D eigenvalue weighted by Crippen LogP contribution is -1.98. The lowest BCUT2D eigenvalue weighted by atomic mass is 10.1. The molecule has 0 aromatic heterocycles. The summed E-state index contributed by atoms with van der Waals surface area (Å²) in [7, 11) is 0. The highest BCUT2D eigenvalue weighted by Crippen LogP contribution is 2.13. The van der Waals surface area contributed by atoms with Crippen molar-refractivity contribution in [3.63, 3.8) is 0 Å². The average Bonchev–Trinajstić information content (AvgIpc) is 2.52. The summed E-state index contributed by atoms with van der Waals surface area (Å²) in [5.41, 5.74) is 2.80. The van der Waals surface area contributed by atoms with Gasteiger partial charge < -0.3 is 4.74 Å². The van der Waals surface area contributed by atoms with Gasteiger partial charge in [-0.25, -0.2) is 0 Å². The number of hydrogen-bond acceptors (Lipinski definition) is 1. The molecule has 0 aliphatic heterocycles. The van der Waals surface area contributed by atoms with Crippen molar-refractivity contribution in [3.05, 3.63) is 65.7 Å². The Hall–Kier alpha value is -1.76. The Morgan fingerprint density at radius 1 is 0.750 bits per heavy atom. The monoisotopic (exact) mass is 268 g/mol. The molecule has 2 aromatic rings. The van der Waals surface area contributed by atoms with Crippen LogP contribution in [0.5, 0.6) is 5.75 Å². The quantitative estimate of drug-likeness (QED) is 0.609. The Morgan fingerprint density at radius 2 is 1.50 bits per heavy atom. The molecule has 0 fully saturated rings. The Bertz CT molecular complexity index is 473. The van der Waals surface area contributed by atoms with E-state index in [1.54, 1.807) is 0 Å². The van der Waals surface area contributed by atoms with Gasteiger partial charge in [-0.3, -0.25) is 0 Å². The molecule has 0 bridgehead atoms. The van der Waals surface area contributed by atoms with Crippen LogP contribution in [0.3, 0.4) is 0 Å². The van der Waals surface area contributed by atoms with Gasteiger partial charge in [-0.15, -0.1) is 0 Å². The summed E-state index contributed by atoms with van der Waals surface area (Å²) in [5, 5.41) is 0. The van der Waals surface area contributed by atoms with E-state index in [4.69, 9.17) is 4.74 Å². The van der Waals surface area contributed by atoms with Crippen molar-refractivity contribution in [1.29, 1.82) is 0 Å². The minimum absolute atomic E-state index is 0.820. The molecule has 106 valence electrons. The zero-order chi connectivity index (χ0) is 14.0. The second-order valence-electron chi connectivity index (χ2n) is 5.14. The van der Waals surface area contributed by atoms with Crippen LogP contribution in [-0.4, -0.2) is 6.61 Å². The molecule has 0 aliphatic carbocycles. The summed E-state index contributed by atoms with van der Waals surface area (Å²) in [6.45, 7) is 2.99. The van der Waals surface area contributed by atoms with Crippen LogP contribution >= 0.6 is 0 Å². The van der Waals surface area contributed by atoms with E-state index in [1.165, 1.54) is 30.4 Å². The smallest absolute Gasteiger partial charge is 0.119 e. The van der Waals surface area contributed by atoms with Gasteiger partial charge in [-0.2, -0.15) is 0 Å². The van der Waals surface area contributed by atoms with Crippen molar-refractivity contribution in [2.45, 2.75) is 39.0 Å².